The van der Waals surface area contributed by atoms with Crippen molar-refractivity contribution in [3.8, 4) is 5.88 Å². The van der Waals surface area contributed by atoms with Crippen molar-refractivity contribution >= 4 is 16.9 Å². The fourth-order valence-electron chi connectivity index (χ4n) is 3.64. The molecule has 1 aromatic carbocycles. The summed E-state index contributed by atoms with van der Waals surface area (Å²) < 4.78 is 6.01. The van der Waals surface area contributed by atoms with Gasteiger partial charge < -0.3 is 9.64 Å². The minimum absolute atomic E-state index is 0.103. The van der Waals surface area contributed by atoms with Crippen LogP contribution >= 0.6 is 0 Å². The molecule has 2 aliphatic rings. The summed E-state index contributed by atoms with van der Waals surface area (Å²) in [4.78, 5) is 23.5. The molecule has 2 heterocycles. The Balaban J connectivity index is 1.33. The fraction of sp³-hybridized carbons (Fsp3) is 0.450. The van der Waals surface area contributed by atoms with Gasteiger partial charge in [-0.1, -0.05) is 24.3 Å². The number of ether oxygens (including phenoxy) is 1. The number of para-hydroxylation sites is 2. The van der Waals surface area contributed by atoms with Crippen LogP contribution in [0.1, 0.15) is 32.1 Å². The number of carbonyl (C=O) groups is 1. The number of carbonyl (C=O) groups excluding carboxylic acids is 1. The molecule has 1 aromatic heterocycles. The number of fused-ring (bicyclic) bond motifs is 1. The van der Waals surface area contributed by atoms with Gasteiger partial charge in [0.25, 0.3) is 0 Å². The first-order chi connectivity index (χ1) is 12.3. The van der Waals surface area contributed by atoms with Gasteiger partial charge in [-0.3, -0.25) is 4.79 Å². The third-order valence-electron chi connectivity index (χ3n) is 5.09. The lowest BCUT2D eigenvalue weighted by Gasteiger charge is -2.34. The zero-order chi connectivity index (χ0) is 17.1. The topological polar surface area (TPSA) is 55.3 Å². The highest BCUT2D eigenvalue weighted by Crippen LogP contribution is 2.24. The number of piperidine rings is 1. The van der Waals surface area contributed by atoms with E-state index in [2.05, 4.69) is 22.1 Å². The van der Waals surface area contributed by atoms with Crippen LogP contribution in [-0.4, -0.2) is 40.0 Å². The normalized spacial score (nSPS) is 21.4. The van der Waals surface area contributed by atoms with Crippen molar-refractivity contribution in [2.45, 2.75) is 38.2 Å². The molecule has 1 unspecified atom stereocenters. The standard InChI is InChI=1S/C20H23N3O2/c24-20(15-6-2-1-3-7-15)23-12-10-16(11-13-23)25-19-14-21-17-8-4-5-9-18(17)22-19/h1-2,4-5,8-9,14-16H,3,6-7,10-13H2. The van der Waals surface area contributed by atoms with E-state index in [0.717, 1.165) is 56.2 Å². The van der Waals surface area contributed by atoms with Crippen LogP contribution in [0.5, 0.6) is 5.88 Å². The van der Waals surface area contributed by atoms with Crippen molar-refractivity contribution < 1.29 is 9.53 Å². The molecule has 1 amide bonds. The molecule has 1 fully saturated rings. The predicted molar refractivity (Wildman–Crippen MR) is 96.2 cm³/mol. The smallest absolute Gasteiger partial charge is 0.233 e. The maximum atomic E-state index is 12.6. The first-order valence-corrected chi connectivity index (χ1v) is 9.12. The van der Waals surface area contributed by atoms with Gasteiger partial charge in [0.2, 0.25) is 11.8 Å². The maximum absolute atomic E-state index is 12.6. The van der Waals surface area contributed by atoms with Crippen LogP contribution in [-0.2, 0) is 4.79 Å². The summed E-state index contributed by atoms with van der Waals surface area (Å²) in [5.74, 6) is 1.06. The van der Waals surface area contributed by atoms with E-state index in [1.165, 1.54) is 0 Å². The Hall–Kier alpha value is -2.43. The number of benzene rings is 1. The molecule has 2 aromatic rings. The summed E-state index contributed by atoms with van der Waals surface area (Å²) in [6.07, 6.45) is 10.7. The van der Waals surface area contributed by atoms with Gasteiger partial charge in [0, 0.05) is 31.8 Å². The van der Waals surface area contributed by atoms with Gasteiger partial charge in [-0.05, 0) is 31.4 Å². The first-order valence-electron chi connectivity index (χ1n) is 9.12. The molecular formula is C20H23N3O2. The molecule has 0 spiro atoms. The van der Waals surface area contributed by atoms with E-state index in [1.54, 1.807) is 6.20 Å². The molecule has 4 rings (SSSR count). The average Bonchev–Trinajstić information content (AvgIpc) is 2.69. The maximum Gasteiger partial charge on any atom is 0.233 e. The summed E-state index contributed by atoms with van der Waals surface area (Å²) >= 11 is 0. The molecule has 1 aliphatic carbocycles. The Kier molecular flexibility index (Phi) is 4.63. The minimum atomic E-state index is 0.103. The van der Waals surface area contributed by atoms with Crippen LogP contribution in [0.4, 0.5) is 0 Å². The van der Waals surface area contributed by atoms with E-state index in [0.29, 0.717) is 11.8 Å². The minimum Gasteiger partial charge on any atom is -0.473 e. The zero-order valence-electron chi connectivity index (χ0n) is 14.3. The summed E-state index contributed by atoms with van der Waals surface area (Å²) in [5, 5.41) is 0. The van der Waals surface area contributed by atoms with Crippen molar-refractivity contribution in [1.82, 2.24) is 14.9 Å². The van der Waals surface area contributed by atoms with Crippen LogP contribution < -0.4 is 4.74 Å². The lowest BCUT2D eigenvalue weighted by molar-refractivity contribution is -0.137. The molecule has 1 atom stereocenters. The second kappa shape index (κ2) is 7.21. The van der Waals surface area contributed by atoms with Crippen LogP contribution in [0, 0.1) is 5.92 Å². The van der Waals surface area contributed by atoms with Gasteiger partial charge in [-0.25, -0.2) is 9.97 Å². The Morgan fingerprint density at radius 2 is 1.88 bits per heavy atom. The van der Waals surface area contributed by atoms with Gasteiger partial charge >= 0.3 is 0 Å². The van der Waals surface area contributed by atoms with E-state index in [4.69, 9.17) is 4.74 Å². The van der Waals surface area contributed by atoms with Crippen molar-refractivity contribution in [2.75, 3.05) is 13.1 Å². The van der Waals surface area contributed by atoms with Crippen molar-refractivity contribution in [2.24, 2.45) is 5.92 Å². The number of aromatic nitrogens is 2. The molecular weight excluding hydrogens is 314 g/mol. The number of allylic oxidation sites excluding steroid dienone is 2. The Morgan fingerprint density at radius 1 is 1.08 bits per heavy atom. The molecule has 1 saturated heterocycles. The number of amides is 1. The Labute approximate surface area is 147 Å². The number of nitrogens with zero attached hydrogens (tertiary/aromatic N) is 3. The van der Waals surface area contributed by atoms with Gasteiger partial charge in [0.15, 0.2) is 0 Å². The Morgan fingerprint density at radius 3 is 2.64 bits per heavy atom. The van der Waals surface area contributed by atoms with Gasteiger partial charge in [0.1, 0.15) is 6.10 Å². The van der Waals surface area contributed by atoms with Crippen LogP contribution in [0.2, 0.25) is 0 Å². The average molecular weight is 337 g/mol. The predicted octanol–water partition coefficient (Wildman–Crippen LogP) is 3.36. The largest absolute Gasteiger partial charge is 0.473 e. The van der Waals surface area contributed by atoms with Crippen LogP contribution in [0.3, 0.4) is 0 Å². The van der Waals surface area contributed by atoms with E-state index in [-0.39, 0.29) is 12.0 Å². The summed E-state index contributed by atoms with van der Waals surface area (Å²) in [6, 6.07) is 7.78. The number of hydrogen-bond donors (Lipinski definition) is 0. The fourth-order valence-corrected chi connectivity index (χ4v) is 3.64. The number of rotatable bonds is 3. The van der Waals surface area contributed by atoms with Gasteiger partial charge in [0.05, 0.1) is 17.2 Å². The molecule has 0 bridgehead atoms. The molecule has 0 radical (unpaired) electrons. The highest BCUT2D eigenvalue weighted by Gasteiger charge is 2.29. The molecule has 0 N–H and O–H groups in total. The lowest BCUT2D eigenvalue weighted by Crippen LogP contribution is -2.44. The molecule has 5 nitrogen and oxygen atoms in total. The van der Waals surface area contributed by atoms with Gasteiger partial charge in [-0.15, -0.1) is 0 Å². The van der Waals surface area contributed by atoms with E-state index in [9.17, 15) is 4.79 Å². The second-order valence-electron chi connectivity index (χ2n) is 6.82. The number of hydrogen-bond acceptors (Lipinski definition) is 4. The van der Waals surface area contributed by atoms with Crippen molar-refractivity contribution in [3.63, 3.8) is 0 Å². The highest BCUT2D eigenvalue weighted by atomic mass is 16.5. The lowest BCUT2D eigenvalue weighted by atomic mass is 9.92. The zero-order valence-corrected chi connectivity index (χ0v) is 14.3. The van der Waals surface area contributed by atoms with E-state index < -0.39 is 0 Å². The molecule has 130 valence electrons. The summed E-state index contributed by atoms with van der Waals surface area (Å²) in [7, 11) is 0. The second-order valence-corrected chi connectivity index (χ2v) is 6.82. The SMILES string of the molecule is O=C(C1CC=CCC1)N1CCC(Oc2cnc3ccccc3n2)CC1. The quantitative estimate of drug-likeness (QED) is 0.806. The monoisotopic (exact) mass is 337 g/mol. The third kappa shape index (κ3) is 3.65. The van der Waals surface area contributed by atoms with E-state index in [1.807, 2.05) is 29.2 Å². The molecule has 0 saturated carbocycles. The van der Waals surface area contributed by atoms with Crippen LogP contribution in [0.25, 0.3) is 11.0 Å². The van der Waals surface area contributed by atoms with E-state index >= 15 is 0 Å². The van der Waals surface area contributed by atoms with Crippen LogP contribution in [0.15, 0.2) is 42.6 Å². The van der Waals surface area contributed by atoms with Gasteiger partial charge in [-0.2, -0.15) is 0 Å². The summed E-state index contributed by atoms with van der Waals surface area (Å²) in [6.45, 7) is 1.54. The highest BCUT2D eigenvalue weighted by molar-refractivity contribution is 5.79. The molecule has 5 heteroatoms. The third-order valence-corrected chi connectivity index (χ3v) is 5.09. The van der Waals surface area contributed by atoms with Crippen molar-refractivity contribution in [1.29, 1.82) is 0 Å². The summed E-state index contributed by atoms with van der Waals surface area (Å²) in [5.41, 5.74) is 1.72. The first kappa shape index (κ1) is 16.1. The molecule has 1 aliphatic heterocycles. The molecule has 25 heavy (non-hydrogen) atoms. The Bertz CT molecular complexity index is 781. The van der Waals surface area contributed by atoms with Crippen molar-refractivity contribution in [3.05, 3.63) is 42.6 Å². The number of likely N-dealkylation sites (tertiary alicyclic amines) is 1.